The molecule has 0 unspecified atom stereocenters. The van der Waals surface area contributed by atoms with Gasteiger partial charge in [-0.05, 0) is 17.9 Å². The van der Waals surface area contributed by atoms with Crippen molar-refractivity contribution in [2.45, 2.75) is 69.5 Å². The number of hydrogen-bond acceptors (Lipinski definition) is 8. The van der Waals surface area contributed by atoms with Crippen LogP contribution in [-0.2, 0) is 20.6 Å². The van der Waals surface area contributed by atoms with E-state index in [0.717, 1.165) is 12.8 Å². The minimum atomic E-state index is -3.96. The largest absolute Gasteiger partial charge is 0.338 e. The van der Waals surface area contributed by atoms with Crippen LogP contribution in [-0.4, -0.2) is 35.6 Å². The molecular formula is C22H30N4O6S. The van der Waals surface area contributed by atoms with Gasteiger partial charge in [0.05, 0.1) is 5.75 Å². The van der Waals surface area contributed by atoms with E-state index in [1.807, 2.05) is 4.72 Å². The molecule has 10 nitrogen and oxygen atoms in total. The maximum absolute atomic E-state index is 12.4. The van der Waals surface area contributed by atoms with Crippen molar-refractivity contribution >= 4 is 21.8 Å². The van der Waals surface area contributed by atoms with E-state index in [-0.39, 0.29) is 18.1 Å². The van der Waals surface area contributed by atoms with Crippen LogP contribution in [0.15, 0.2) is 34.9 Å². The number of nitrogens with one attached hydrogen (secondary N) is 2. The topological polar surface area (TPSA) is 151 Å². The van der Waals surface area contributed by atoms with Crippen molar-refractivity contribution in [3.05, 3.63) is 47.6 Å². The van der Waals surface area contributed by atoms with E-state index in [1.54, 1.807) is 35.8 Å². The standard InChI is InChI=1S/C22H30N4O6S/c27-19(24-29)14-18(13-7-12-16-8-3-1-4-9-16)22-23-20(25-32-22)21(28)26-33(30,31)15-17-10-5-2-6-11-17/h2,5-6,10-11,16,18,29H,1,3-4,7-9,12-15H2,(H,24,27)(H,26,28)/t18-/m1/s1. The zero-order valence-corrected chi connectivity index (χ0v) is 19.2. The quantitative estimate of drug-likeness (QED) is 0.329. The van der Waals surface area contributed by atoms with Gasteiger partial charge in [-0.1, -0.05) is 80.4 Å². The molecule has 0 spiro atoms. The molecule has 1 aliphatic rings. The molecule has 2 amide bonds. The average molecular weight is 479 g/mol. The van der Waals surface area contributed by atoms with Crippen LogP contribution in [0.1, 0.15) is 85.8 Å². The predicted molar refractivity (Wildman–Crippen MR) is 119 cm³/mol. The highest BCUT2D eigenvalue weighted by Gasteiger charge is 2.26. The van der Waals surface area contributed by atoms with E-state index >= 15 is 0 Å². The summed E-state index contributed by atoms with van der Waals surface area (Å²) in [6.45, 7) is 0. The Balaban J connectivity index is 1.61. The van der Waals surface area contributed by atoms with E-state index in [1.165, 1.54) is 32.1 Å². The average Bonchev–Trinajstić information content (AvgIpc) is 3.29. The number of hydroxylamine groups is 1. The molecule has 0 radical (unpaired) electrons. The summed E-state index contributed by atoms with van der Waals surface area (Å²) in [5, 5.41) is 12.5. The summed E-state index contributed by atoms with van der Waals surface area (Å²) in [7, 11) is -3.96. The molecule has 0 saturated heterocycles. The minimum Gasteiger partial charge on any atom is -0.338 e. The first kappa shape index (κ1) is 24.8. The van der Waals surface area contributed by atoms with Crippen LogP contribution >= 0.6 is 0 Å². The van der Waals surface area contributed by atoms with Gasteiger partial charge in [-0.2, -0.15) is 4.98 Å². The second-order valence-electron chi connectivity index (χ2n) is 8.50. The van der Waals surface area contributed by atoms with E-state index in [2.05, 4.69) is 10.1 Å². The van der Waals surface area contributed by atoms with Crippen molar-refractivity contribution in [2.75, 3.05) is 0 Å². The van der Waals surface area contributed by atoms with Gasteiger partial charge in [-0.3, -0.25) is 14.8 Å². The third kappa shape index (κ3) is 7.93. The molecule has 1 saturated carbocycles. The number of amides is 2. The van der Waals surface area contributed by atoms with Gasteiger partial charge in [0.25, 0.3) is 5.82 Å². The number of benzene rings is 1. The predicted octanol–water partition coefficient (Wildman–Crippen LogP) is 3.06. The number of rotatable bonds is 11. The fourth-order valence-electron chi connectivity index (χ4n) is 4.22. The van der Waals surface area contributed by atoms with E-state index in [9.17, 15) is 18.0 Å². The first-order valence-corrected chi connectivity index (χ1v) is 12.9. The van der Waals surface area contributed by atoms with Crippen LogP contribution < -0.4 is 10.2 Å². The monoisotopic (exact) mass is 478 g/mol. The Hall–Kier alpha value is -2.79. The summed E-state index contributed by atoms with van der Waals surface area (Å²) in [6, 6.07) is 8.45. The van der Waals surface area contributed by atoms with E-state index < -0.39 is 33.6 Å². The Morgan fingerprint density at radius 3 is 2.58 bits per heavy atom. The molecule has 1 atom stereocenters. The van der Waals surface area contributed by atoms with Crippen molar-refractivity contribution < 1.29 is 27.7 Å². The van der Waals surface area contributed by atoms with Crippen LogP contribution in [0.3, 0.4) is 0 Å². The highest BCUT2D eigenvalue weighted by molar-refractivity contribution is 7.89. The lowest BCUT2D eigenvalue weighted by Gasteiger charge is -2.22. The van der Waals surface area contributed by atoms with Crippen molar-refractivity contribution in [2.24, 2.45) is 5.92 Å². The van der Waals surface area contributed by atoms with Crippen molar-refractivity contribution in [1.29, 1.82) is 0 Å². The number of nitrogens with zero attached hydrogens (tertiary/aromatic N) is 2. The van der Waals surface area contributed by atoms with Crippen molar-refractivity contribution in [1.82, 2.24) is 20.3 Å². The summed E-state index contributed by atoms with van der Waals surface area (Å²) in [4.78, 5) is 28.2. The van der Waals surface area contributed by atoms with Crippen LogP contribution in [0.5, 0.6) is 0 Å². The summed E-state index contributed by atoms with van der Waals surface area (Å²) in [6.07, 6.45) is 8.54. The van der Waals surface area contributed by atoms with Crippen molar-refractivity contribution in [3.63, 3.8) is 0 Å². The van der Waals surface area contributed by atoms with Crippen LogP contribution in [0.4, 0.5) is 0 Å². The molecule has 11 heteroatoms. The second-order valence-corrected chi connectivity index (χ2v) is 10.2. The number of sulfonamides is 1. The number of aromatic nitrogens is 2. The van der Waals surface area contributed by atoms with Gasteiger partial charge in [0.1, 0.15) is 0 Å². The normalized spacial score (nSPS) is 15.7. The van der Waals surface area contributed by atoms with Gasteiger partial charge < -0.3 is 4.52 Å². The first-order valence-electron chi connectivity index (χ1n) is 11.2. The fraction of sp³-hybridized carbons (Fsp3) is 0.545. The third-order valence-electron chi connectivity index (χ3n) is 5.89. The smallest absolute Gasteiger partial charge is 0.306 e. The van der Waals surface area contributed by atoms with Gasteiger partial charge in [-0.15, -0.1) is 0 Å². The zero-order chi connectivity index (χ0) is 23.7. The summed E-state index contributed by atoms with van der Waals surface area (Å²) >= 11 is 0. The number of carbonyl (C=O) groups excluding carboxylic acids is 2. The molecule has 180 valence electrons. The van der Waals surface area contributed by atoms with Gasteiger partial charge in [0.15, 0.2) is 0 Å². The second kappa shape index (κ2) is 11.9. The molecular weight excluding hydrogens is 448 g/mol. The maximum atomic E-state index is 12.4. The molecule has 1 aliphatic carbocycles. The lowest BCUT2D eigenvalue weighted by Crippen LogP contribution is -2.32. The first-order chi connectivity index (χ1) is 15.9. The van der Waals surface area contributed by atoms with Gasteiger partial charge in [0, 0.05) is 12.3 Å². The van der Waals surface area contributed by atoms with Crippen molar-refractivity contribution in [3.8, 4) is 0 Å². The molecule has 2 aromatic rings. The van der Waals surface area contributed by atoms with Crippen LogP contribution in [0.2, 0.25) is 0 Å². The molecule has 0 bridgehead atoms. The molecule has 3 rings (SSSR count). The molecule has 33 heavy (non-hydrogen) atoms. The third-order valence-corrected chi connectivity index (χ3v) is 7.10. The van der Waals surface area contributed by atoms with Gasteiger partial charge >= 0.3 is 5.91 Å². The summed E-state index contributed by atoms with van der Waals surface area (Å²) in [5.74, 6) is -2.16. The summed E-state index contributed by atoms with van der Waals surface area (Å²) in [5.41, 5.74) is 2.13. The lowest BCUT2D eigenvalue weighted by atomic mass is 9.84. The highest BCUT2D eigenvalue weighted by atomic mass is 32.2. The Morgan fingerprint density at radius 1 is 1.15 bits per heavy atom. The van der Waals surface area contributed by atoms with Gasteiger partial charge in [-0.25, -0.2) is 18.6 Å². The Morgan fingerprint density at radius 2 is 1.88 bits per heavy atom. The van der Waals surface area contributed by atoms with Crippen LogP contribution in [0, 0.1) is 5.92 Å². The molecule has 1 heterocycles. The van der Waals surface area contributed by atoms with Crippen LogP contribution in [0.25, 0.3) is 0 Å². The van der Waals surface area contributed by atoms with Gasteiger partial charge in [0.2, 0.25) is 21.8 Å². The minimum absolute atomic E-state index is 0.0628. The molecule has 3 N–H and O–H groups in total. The molecule has 0 aliphatic heterocycles. The Labute approximate surface area is 193 Å². The number of carbonyl (C=O) groups is 2. The molecule has 1 aromatic heterocycles. The Bertz CT molecular complexity index is 1020. The maximum Gasteiger partial charge on any atom is 0.306 e. The Kier molecular flexibility index (Phi) is 8.95. The number of hydrogen-bond donors (Lipinski definition) is 3. The lowest BCUT2D eigenvalue weighted by molar-refractivity contribution is -0.129. The van der Waals surface area contributed by atoms with E-state index in [0.29, 0.717) is 17.9 Å². The highest BCUT2D eigenvalue weighted by Crippen LogP contribution is 2.31. The molecule has 1 fully saturated rings. The van der Waals surface area contributed by atoms with E-state index in [4.69, 9.17) is 9.73 Å². The zero-order valence-electron chi connectivity index (χ0n) is 18.4. The molecule has 1 aromatic carbocycles. The fourth-order valence-corrected chi connectivity index (χ4v) is 5.30. The SMILES string of the molecule is O=C(C[C@@H](CCCC1CCCCC1)c1nc(C(=O)NS(=O)(=O)Cc2ccccc2)no1)NO. The summed E-state index contributed by atoms with van der Waals surface area (Å²) < 4.78 is 31.7.